The number of nitrogens with zero attached hydrogens (tertiary/aromatic N) is 2. The molecule has 2 amide bonds. The summed E-state index contributed by atoms with van der Waals surface area (Å²) < 4.78 is 14.1. The lowest BCUT2D eigenvalue weighted by Gasteiger charge is -2.58. The van der Waals surface area contributed by atoms with Crippen LogP contribution in [-0.4, -0.2) is 58.5 Å². The minimum Gasteiger partial charge on any atom is -0.394 e. The normalized spacial score (nSPS) is 22.3. The molecule has 0 bridgehead atoms. The first-order valence-electron chi connectivity index (χ1n) is 10.7. The molecule has 0 unspecified atom stereocenters. The Morgan fingerprint density at radius 2 is 1.59 bits per heavy atom. The molecule has 0 aliphatic carbocycles. The number of rotatable bonds is 4. The van der Waals surface area contributed by atoms with Crippen LogP contribution in [0.5, 0.6) is 0 Å². The molecule has 2 fully saturated rings. The van der Waals surface area contributed by atoms with E-state index in [0.717, 1.165) is 16.7 Å². The van der Waals surface area contributed by atoms with Crippen LogP contribution in [0.1, 0.15) is 21.8 Å². The number of fused-ring (bicyclic) bond motifs is 1. The molecule has 3 aromatic rings. The highest BCUT2D eigenvalue weighted by Crippen LogP contribution is 2.43. The highest BCUT2D eigenvalue weighted by atomic mass is 19.1. The SMILES string of the molecule is O=C(c1ccccc1F)N1CC(=O)N2[C@H](C1)[C@H](c1ccc(-c3ccccc3)cc1)[C@@H]2CO. The van der Waals surface area contributed by atoms with E-state index in [9.17, 15) is 19.1 Å². The zero-order valence-electron chi connectivity index (χ0n) is 17.4. The van der Waals surface area contributed by atoms with Crippen LogP contribution in [0.2, 0.25) is 0 Å². The minimum absolute atomic E-state index is 0.0319. The predicted molar refractivity (Wildman–Crippen MR) is 118 cm³/mol. The number of amides is 2. The van der Waals surface area contributed by atoms with Crippen LogP contribution in [0.3, 0.4) is 0 Å². The molecule has 162 valence electrons. The van der Waals surface area contributed by atoms with E-state index in [1.807, 2.05) is 54.6 Å². The second kappa shape index (κ2) is 8.20. The van der Waals surface area contributed by atoms with E-state index in [1.54, 1.807) is 11.0 Å². The first-order chi connectivity index (χ1) is 15.6. The summed E-state index contributed by atoms with van der Waals surface area (Å²) in [6.45, 7) is 0.0505. The van der Waals surface area contributed by atoms with Gasteiger partial charge >= 0.3 is 0 Å². The van der Waals surface area contributed by atoms with E-state index in [1.165, 1.54) is 23.1 Å². The van der Waals surface area contributed by atoms with Gasteiger partial charge < -0.3 is 14.9 Å². The van der Waals surface area contributed by atoms with Crippen LogP contribution in [0.4, 0.5) is 4.39 Å². The lowest BCUT2D eigenvalue weighted by molar-refractivity contribution is -0.159. The Bertz CT molecular complexity index is 1150. The van der Waals surface area contributed by atoms with Gasteiger partial charge in [0.15, 0.2) is 0 Å². The summed E-state index contributed by atoms with van der Waals surface area (Å²) in [5.74, 6) is -1.39. The van der Waals surface area contributed by atoms with Crippen LogP contribution in [0.25, 0.3) is 11.1 Å². The number of hydrogen-bond acceptors (Lipinski definition) is 3. The molecule has 3 atom stereocenters. The van der Waals surface area contributed by atoms with E-state index in [-0.39, 0.29) is 42.6 Å². The molecule has 3 aromatic carbocycles. The van der Waals surface area contributed by atoms with Crippen molar-refractivity contribution in [2.24, 2.45) is 0 Å². The minimum atomic E-state index is -0.595. The Labute approximate surface area is 185 Å². The van der Waals surface area contributed by atoms with Gasteiger partial charge in [0.1, 0.15) is 12.4 Å². The van der Waals surface area contributed by atoms with Gasteiger partial charge in [-0.05, 0) is 28.8 Å². The van der Waals surface area contributed by atoms with Gasteiger partial charge in [0.05, 0.1) is 24.3 Å². The van der Waals surface area contributed by atoms with Gasteiger partial charge in [-0.3, -0.25) is 9.59 Å². The van der Waals surface area contributed by atoms with Crippen molar-refractivity contribution < 1.29 is 19.1 Å². The van der Waals surface area contributed by atoms with Crippen LogP contribution < -0.4 is 0 Å². The Morgan fingerprint density at radius 3 is 2.28 bits per heavy atom. The fourth-order valence-corrected chi connectivity index (χ4v) is 4.99. The van der Waals surface area contributed by atoms with Crippen molar-refractivity contribution >= 4 is 11.8 Å². The molecule has 6 heteroatoms. The summed E-state index contributed by atoms with van der Waals surface area (Å²) in [7, 11) is 0. The number of carbonyl (C=O) groups excluding carboxylic acids is 2. The third-order valence-corrected chi connectivity index (χ3v) is 6.55. The van der Waals surface area contributed by atoms with Gasteiger partial charge in [-0.15, -0.1) is 0 Å². The highest BCUT2D eigenvalue weighted by Gasteiger charge is 2.54. The van der Waals surface area contributed by atoms with Crippen LogP contribution in [0.15, 0.2) is 78.9 Å². The molecule has 2 aliphatic heterocycles. The van der Waals surface area contributed by atoms with Gasteiger partial charge in [0.25, 0.3) is 5.91 Å². The van der Waals surface area contributed by atoms with E-state index < -0.39 is 11.7 Å². The van der Waals surface area contributed by atoms with Crippen LogP contribution >= 0.6 is 0 Å². The molecule has 32 heavy (non-hydrogen) atoms. The summed E-state index contributed by atoms with van der Waals surface area (Å²) in [4.78, 5) is 28.8. The molecule has 0 aromatic heterocycles. The highest BCUT2D eigenvalue weighted by molar-refractivity contribution is 5.97. The fraction of sp³-hybridized carbons (Fsp3) is 0.231. The third-order valence-electron chi connectivity index (χ3n) is 6.55. The summed E-state index contributed by atoms with van der Waals surface area (Å²) in [5.41, 5.74) is 3.18. The Morgan fingerprint density at radius 1 is 0.938 bits per heavy atom. The van der Waals surface area contributed by atoms with Crippen LogP contribution in [-0.2, 0) is 4.79 Å². The standard InChI is InChI=1S/C26H23FN2O3/c27-21-9-5-4-8-20(21)26(32)28-14-22-25(23(16-30)29(22)24(31)15-28)19-12-10-18(11-13-19)17-6-2-1-3-7-17/h1-13,22-23,25,30H,14-16H2/t22-,23+,25+/m1/s1. The number of hydrogen-bond donors (Lipinski definition) is 1. The van der Waals surface area contributed by atoms with Crippen molar-refractivity contribution in [1.29, 1.82) is 0 Å². The molecule has 5 nitrogen and oxygen atoms in total. The molecule has 1 N–H and O–H groups in total. The summed E-state index contributed by atoms with van der Waals surface area (Å²) in [6.07, 6.45) is 0. The monoisotopic (exact) mass is 430 g/mol. The number of halogens is 1. The molecule has 0 radical (unpaired) electrons. The maximum Gasteiger partial charge on any atom is 0.257 e. The Kier molecular flexibility index (Phi) is 5.23. The van der Waals surface area contributed by atoms with Gasteiger partial charge in [-0.1, -0.05) is 66.7 Å². The summed E-state index contributed by atoms with van der Waals surface area (Å²) in [5, 5.41) is 9.97. The van der Waals surface area contributed by atoms with Crippen molar-refractivity contribution in [2.75, 3.05) is 19.7 Å². The summed E-state index contributed by atoms with van der Waals surface area (Å²) >= 11 is 0. The lowest BCUT2D eigenvalue weighted by Crippen LogP contribution is -2.73. The first-order valence-corrected chi connectivity index (χ1v) is 10.7. The van der Waals surface area contributed by atoms with Gasteiger partial charge in [-0.2, -0.15) is 0 Å². The fourth-order valence-electron chi connectivity index (χ4n) is 4.99. The molecule has 0 spiro atoms. The maximum absolute atomic E-state index is 14.1. The number of aliphatic hydroxyl groups is 1. The first kappa shape index (κ1) is 20.4. The topological polar surface area (TPSA) is 60.9 Å². The second-order valence-corrected chi connectivity index (χ2v) is 8.30. The molecule has 5 rings (SSSR count). The Balaban J connectivity index is 1.40. The molecule has 0 saturated carbocycles. The summed E-state index contributed by atoms with van der Waals surface area (Å²) in [6, 6.07) is 23.4. The average molecular weight is 430 g/mol. The maximum atomic E-state index is 14.1. The van der Waals surface area contributed by atoms with Crippen molar-refractivity contribution in [1.82, 2.24) is 9.80 Å². The molecular formula is C26H23FN2O3. The molecule has 2 aliphatic rings. The average Bonchev–Trinajstić information content (AvgIpc) is 2.81. The van der Waals surface area contributed by atoms with E-state index in [4.69, 9.17) is 0 Å². The third kappa shape index (κ3) is 3.37. The van der Waals surface area contributed by atoms with E-state index in [0.29, 0.717) is 6.54 Å². The smallest absolute Gasteiger partial charge is 0.257 e. The number of aliphatic hydroxyl groups excluding tert-OH is 1. The van der Waals surface area contributed by atoms with Crippen molar-refractivity contribution in [3.8, 4) is 11.1 Å². The van der Waals surface area contributed by atoms with Crippen molar-refractivity contribution in [3.63, 3.8) is 0 Å². The molecular weight excluding hydrogens is 407 g/mol. The predicted octanol–water partition coefficient (Wildman–Crippen LogP) is 3.30. The van der Waals surface area contributed by atoms with Crippen LogP contribution in [0, 0.1) is 5.82 Å². The Hall–Kier alpha value is -3.51. The number of benzene rings is 3. The van der Waals surface area contributed by atoms with Crippen molar-refractivity contribution in [2.45, 2.75) is 18.0 Å². The van der Waals surface area contributed by atoms with Crippen molar-refractivity contribution in [3.05, 3.63) is 95.8 Å². The lowest BCUT2D eigenvalue weighted by atomic mass is 9.73. The van der Waals surface area contributed by atoms with Gasteiger partial charge in [0.2, 0.25) is 5.91 Å². The largest absolute Gasteiger partial charge is 0.394 e. The molecule has 2 heterocycles. The van der Waals surface area contributed by atoms with E-state index >= 15 is 0 Å². The molecule has 2 saturated heterocycles. The van der Waals surface area contributed by atoms with E-state index in [2.05, 4.69) is 0 Å². The zero-order valence-corrected chi connectivity index (χ0v) is 17.4. The zero-order chi connectivity index (χ0) is 22.2. The quantitative estimate of drug-likeness (QED) is 0.691. The van der Waals surface area contributed by atoms with Gasteiger partial charge in [0, 0.05) is 12.5 Å². The number of carbonyl (C=O) groups is 2. The van der Waals surface area contributed by atoms with Gasteiger partial charge in [-0.25, -0.2) is 4.39 Å². The second-order valence-electron chi connectivity index (χ2n) is 8.30. The number of piperazine rings is 1.